The average molecular weight is 519 g/mol. The molecule has 1 aliphatic rings. The minimum atomic E-state index is -0.194. The van der Waals surface area contributed by atoms with E-state index in [1.807, 2.05) is 43.2 Å². The third-order valence-electron chi connectivity index (χ3n) is 4.21. The van der Waals surface area contributed by atoms with E-state index in [4.69, 9.17) is 18.8 Å². The second-order valence-electron chi connectivity index (χ2n) is 6.04. The van der Waals surface area contributed by atoms with Crippen molar-refractivity contribution in [1.82, 2.24) is 29.1 Å². The SMILES string of the molecule is CC[C@H]1O[C@@H](OC)[CH][CH][C]1C.[C-]#[O+].[C-]#[O+].[Mo+2].c1cnn([B-](n2cccn2)n2cccn2)c1. The van der Waals surface area contributed by atoms with Gasteiger partial charge in [0.15, 0.2) is 6.29 Å². The molecule has 32 heavy (non-hydrogen) atoms. The van der Waals surface area contributed by atoms with Gasteiger partial charge in [0, 0.05) is 38.0 Å². The number of methoxy groups -OCH3 is 1. The fourth-order valence-corrected chi connectivity index (χ4v) is 2.82. The summed E-state index contributed by atoms with van der Waals surface area (Å²) in [5.74, 6) is 1.28. The number of aromatic nitrogens is 6. The fraction of sp³-hybridized carbons (Fsp3) is 0.300. The van der Waals surface area contributed by atoms with Crippen molar-refractivity contribution in [2.75, 3.05) is 7.11 Å². The van der Waals surface area contributed by atoms with Gasteiger partial charge < -0.3 is 23.3 Å². The van der Waals surface area contributed by atoms with Crippen LogP contribution < -0.4 is 0 Å². The normalized spacial score (nSPS) is 17.4. The smallest absolute Gasteiger partial charge is 0.425 e. The maximum Gasteiger partial charge on any atom is 2.00 e. The van der Waals surface area contributed by atoms with Crippen molar-refractivity contribution in [3.63, 3.8) is 0 Å². The van der Waals surface area contributed by atoms with Crippen LogP contribution in [-0.4, -0.2) is 55.7 Å². The number of hydrogen-bond donors (Lipinski definition) is 0. The van der Waals surface area contributed by atoms with Gasteiger partial charge in [-0.3, -0.25) is 0 Å². The van der Waals surface area contributed by atoms with E-state index in [-0.39, 0.29) is 40.6 Å². The summed E-state index contributed by atoms with van der Waals surface area (Å²) < 4.78 is 31.0. The van der Waals surface area contributed by atoms with Crippen LogP contribution in [0.25, 0.3) is 0 Å². The Balaban J connectivity index is 0.000000532. The third-order valence-corrected chi connectivity index (χ3v) is 4.21. The van der Waals surface area contributed by atoms with Gasteiger partial charge >= 0.3 is 43.7 Å². The van der Waals surface area contributed by atoms with Crippen molar-refractivity contribution < 1.29 is 39.8 Å². The van der Waals surface area contributed by atoms with Crippen LogP contribution in [-0.2, 0) is 39.8 Å². The van der Waals surface area contributed by atoms with Crippen molar-refractivity contribution in [3.05, 3.63) is 87.4 Å². The quantitative estimate of drug-likeness (QED) is 0.291. The molecular formula is C20H24BMoN6O4+. The maximum absolute atomic E-state index is 7.50. The van der Waals surface area contributed by atoms with E-state index in [9.17, 15) is 0 Å². The molecule has 0 amide bonds. The van der Waals surface area contributed by atoms with Crippen molar-refractivity contribution in [2.45, 2.75) is 32.7 Å². The Morgan fingerprint density at radius 2 is 1.41 bits per heavy atom. The zero-order valence-electron chi connectivity index (χ0n) is 18.0. The van der Waals surface area contributed by atoms with Gasteiger partial charge in [-0.15, -0.1) is 0 Å². The Kier molecular flexibility index (Phi) is 16.1. The first-order chi connectivity index (χ1) is 15.2. The Morgan fingerprint density at radius 3 is 1.72 bits per heavy atom. The van der Waals surface area contributed by atoms with Crippen LogP contribution in [0.1, 0.15) is 20.3 Å². The van der Waals surface area contributed by atoms with Gasteiger partial charge in [0.1, 0.15) is 0 Å². The molecule has 1 aliphatic heterocycles. The first-order valence-electron chi connectivity index (χ1n) is 9.31. The predicted octanol–water partition coefficient (Wildman–Crippen LogP) is 1.90. The van der Waals surface area contributed by atoms with Gasteiger partial charge in [0.05, 0.1) is 6.10 Å². The molecule has 0 unspecified atom stereocenters. The topological polar surface area (TPSA) is 112 Å². The molecule has 2 atom stereocenters. The van der Waals surface area contributed by atoms with Crippen LogP contribution in [0.3, 0.4) is 0 Å². The molecular weight excluding hydrogens is 495 g/mol. The summed E-state index contributed by atoms with van der Waals surface area (Å²) in [4.78, 5) is 0. The van der Waals surface area contributed by atoms with Crippen LogP contribution in [0.5, 0.6) is 0 Å². The Labute approximate surface area is 203 Å². The molecule has 1 saturated heterocycles. The van der Waals surface area contributed by atoms with E-state index in [0.29, 0.717) is 0 Å². The molecule has 1 fully saturated rings. The first kappa shape index (κ1) is 29.8. The van der Waals surface area contributed by atoms with Crippen LogP contribution in [0.15, 0.2) is 55.4 Å². The monoisotopic (exact) mass is 521 g/mol. The second-order valence-corrected chi connectivity index (χ2v) is 6.04. The van der Waals surface area contributed by atoms with Crippen LogP contribution in [0, 0.1) is 32.1 Å². The van der Waals surface area contributed by atoms with Crippen LogP contribution in [0.4, 0.5) is 0 Å². The molecule has 166 valence electrons. The van der Waals surface area contributed by atoms with E-state index >= 15 is 0 Å². The number of hydrogen-bond acceptors (Lipinski definition) is 5. The van der Waals surface area contributed by atoms with Crippen molar-refractivity contribution in [3.8, 4) is 0 Å². The first-order valence-corrected chi connectivity index (χ1v) is 9.31. The summed E-state index contributed by atoms with van der Waals surface area (Å²) in [6.45, 7) is 13.2. The van der Waals surface area contributed by atoms with Gasteiger partial charge in [-0.05, 0) is 49.6 Å². The second kappa shape index (κ2) is 17.4. The molecule has 4 heterocycles. The van der Waals surface area contributed by atoms with Crippen LogP contribution >= 0.6 is 0 Å². The molecule has 4 rings (SSSR count). The molecule has 4 radical (unpaired) electrons. The Morgan fingerprint density at radius 1 is 0.969 bits per heavy atom. The summed E-state index contributed by atoms with van der Waals surface area (Å²) in [5, 5.41) is 12.7. The molecule has 12 heteroatoms. The summed E-state index contributed by atoms with van der Waals surface area (Å²) in [6.07, 6.45) is 16.0. The van der Waals surface area contributed by atoms with Gasteiger partial charge in [0.25, 0.3) is 7.12 Å². The van der Waals surface area contributed by atoms with E-state index in [1.165, 1.54) is 5.92 Å². The van der Waals surface area contributed by atoms with E-state index in [1.54, 1.807) is 39.5 Å². The summed E-state index contributed by atoms with van der Waals surface area (Å²) in [6, 6.07) is 5.62. The van der Waals surface area contributed by atoms with Gasteiger partial charge in [-0.25, -0.2) is 15.3 Å². The van der Waals surface area contributed by atoms with Crippen LogP contribution in [0.2, 0.25) is 0 Å². The van der Waals surface area contributed by atoms with E-state index < -0.39 is 0 Å². The molecule has 0 N–H and O–H groups in total. The summed E-state index contributed by atoms with van der Waals surface area (Å²) in [5.41, 5.74) is 0. The van der Waals surface area contributed by atoms with Crippen molar-refractivity contribution >= 4 is 7.12 Å². The predicted molar refractivity (Wildman–Crippen MR) is 110 cm³/mol. The zero-order chi connectivity index (χ0) is 23.1. The number of rotatable bonds is 5. The van der Waals surface area contributed by atoms with Gasteiger partial charge in [0.2, 0.25) is 0 Å². The largest absolute Gasteiger partial charge is 2.00 e. The van der Waals surface area contributed by atoms with Crippen molar-refractivity contribution in [1.29, 1.82) is 0 Å². The molecule has 0 saturated carbocycles. The summed E-state index contributed by atoms with van der Waals surface area (Å²) >= 11 is 0. The van der Waals surface area contributed by atoms with Crippen molar-refractivity contribution in [2.24, 2.45) is 0 Å². The molecule has 0 bridgehead atoms. The Hall–Kier alpha value is -2.22. The standard InChI is InChI=1S/C9H9BN6.C9H15O2.2CO.Mo/c1-4-11-14(7-1)10(15-8-2-5-12-15)16-9-3-6-13-16;1-4-8-7(2)5-6-9(10-3)11-8;2*1-2;/h1-9H;5-6,8-9H,4H2,1-3H3;;;/q-1;;;;+2/t;8-,9-;;;/m.1.../s1. The molecule has 3 aromatic rings. The van der Waals surface area contributed by atoms with Gasteiger partial charge in [-0.1, -0.05) is 13.8 Å². The average Bonchev–Trinajstić information content (AvgIpc) is 3.62. The molecule has 0 spiro atoms. The van der Waals surface area contributed by atoms with Gasteiger partial charge in [-0.2, -0.15) is 0 Å². The minimum absolute atomic E-state index is 0. The molecule has 0 aliphatic carbocycles. The number of ether oxygens (including phenoxy) is 2. The molecule has 0 aromatic carbocycles. The van der Waals surface area contributed by atoms with E-state index in [2.05, 4.69) is 48.9 Å². The Bertz CT molecular complexity index is 755. The fourth-order valence-electron chi connectivity index (χ4n) is 2.82. The summed E-state index contributed by atoms with van der Waals surface area (Å²) in [7, 11) is 1.46. The molecule has 3 aromatic heterocycles. The third kappa shape index (κ3) is 8.73. The molecule has 10 nitrogen and oxygen atoms in total. The zero-order valence-corrected chi connectivity index (χ0v) is 20.0. The van der Waals surface area contributed by atoms with E-state index in [0.717, 1.165) is 6.42 Å². The minimum Gasteiger partial charge on any atom is -0.425 e. The number of nitrogens with zero attached hydrogens (tertiary/aromatic N) is 6. The maximum atomic E-state index is 7.50.